The first-order chi connectivity index (χ1) is 10.8. The molecule has 0 saturated carbocycles. The van der Waals surface area contributed by atoms with Crippen LogP contribution in [0.5, 0.6) is 5.88 Å². The first-order valence-corrected chi connectivity index (χ1v) is 8.30. The van der Waals surface area contributed by atoms with Gasteiger partial charge in [0.1, 0.15) is 0 Å². The van der Waals surface area contributed by atoms with Gasteiger partial charge in [-0.15, -0.1) is 5.10 Å². The van der Waals surface area contributed by atoms with E-state index < -0.39 is 40.7 Å². The Balaban J connectivity index is 2.79. The van der Waals surface area contributed by atoms with E-state index in [0.717, 1.165) is 0 Å². The second kappa shape index (κ2) is 7.73. The Morgan fingerprint density at radius 1 is 1.29 bits per heavy atom. The van der Waals surface area contributed by atoms with Gasteiger partial charge in [0.2, 0.25) is 5.88 Å². The maximum atomic E-state index is 12.9. The SMILES string of the molecule is Cc1cc([C@@H](C)NS(=O)C(C)(C)C)nnc1OCC(F)(F)C(F)F. The van der Waals surface area contributed by atoms with Crippen molar-refractivity contribution in [3.05, 3.63) is 17.3 Å². The minimum absolute atomic E-state index is 0.247. The average molecular weight is 371 g/mol. The number of nitrogens with one attached hydrogen (secondary N) is 1. The molecule has 0 fully saturated rings. The minimum Gasteiger partial charge on any atom is -0.470 e. The summed E-state index contributed by atoms with van der Waals surface area (Å²) in [7, 11) is -1.33. The fourth-order valence-electron chi connectivity index (χ4n) is 1.47. The summed E-state index contributed by atoms with van der Waals surface area (Å²) < 4.78 is 69.0. The fourth-order valence-corrected chi connectivity index (χ4v) is 2.27. The van der Waals surface area contributed by atoms with E-state index in [1.807, 2.05) is 0 Å². The van der Waals surface area contributed by atoms with Crippen molar-refractivity contribution in [3.63, 3.8) is 0 Å². The number of halogens is 4. The molecule has 1 rings (SSSR count). The van der Waals surface area contributed by atoms with Crippen LogP contribution in [0.4, 0.5) is 17.6 Å². The fraction of sp³-hybridized carbons (Fsp3) is 0.714. The third-order valence-corrected chi connectivity index (χ3v) is 4.64. The zero-order valence-corrected chi connectivity index (χ0v) is 14.9. The Kier molecular flexibility index (Phi) is 6.68. The highest BCUT2D eigenvalue weighted by Gasteiger charge is 2.42. The molecule has 0 aliphatic heterocycles. The number of rotatable bonds is 7. The molecule has 0 amide bonds. The van der Waals surface area contributed by atoms with Crippen molar-refractivity contribution in [2.75, 3.05) is 6.61 Å². The average Bonchev–Trinajstić information content (AvgIpc) is 2.44. The monoisotopic (exact) mass is 371 g/mol. The van der Waals surface area contributed by atoms with Crippen molar-refractivity contribution < 1.29 is 26.5 Å². The van der Waals surface area contributed by atoms with Gasteiger partial charge in [-0.05, 0) is 40.7 Å². The first kappa shape index (κ1) is 20.8. The summed E-state index contributed by atoms with van der Waals surface area (Å²) in [5, 5.41) is 7.46. The van der Waals surface area contributed by atoms with Crippen molar-refractivity contribution in [3.8, 4) is 5.88 Å². The maximum absolute atomic E-state index is 12.9. The van der Waals surface area contributed by atoms with Gasteiger partial charge >= 0.3 is 12.3 Å². The molecule has 0 aliphatic rings. The molecule has 0 spiro atoms. The van der Waals surface area contributed by atoms with Crippen LogP contribution in [-0.2, 0) is 11.0 Å². The molecule has 0 aromatic carbocycles. The topological polar surface area (TPSA) is 64.1 Å². The molecule has 0 radical (unpaired) electrons. The number of aromatic nitrogens is 2. The van der Waals surface area contributed by atoms with Gasteiger partial charge in [-0.25, -0.2) is 17.7 Å². The minimum atomic E-state index is -4.26. The van der Waals surface area contributed by atoms with Crippen LogP contribution in [-0.4, -0.2) is 38.1 Å². The van der Waals surface area contributed by atoms with Crippen molar-refractivity contribution in [1.82, 2.24) is 14.9 Å². The smallest absolute Gasteiger partial charge is 0.340 e. The molecular weight excluding hydrogens is 350 g/mol. The van der Waals surface area contributed by atoms with Crippen molar-refractivity contribution in [1.29, 1.82) is 0 Å². The molecule has 1 unspecified atom stereocenters. The van der Waals surface area contributed by atoms with E-state index in [9.17, 15) is 21.8 Å². The molecule has 1 heterocycles. The lowest BCUT2D eigenvalue weighted by Gasteiger charge is -2.22. The predicted molar refractivity (Wildman–Crippen MR) is 82.7 cm³/mol. The second-order valence-corrected chi connectivity index (χ2v) is 8.33. The molecule has 0 saturated heterocycles. The van der Waals surface area contributed by atoms with Crippen LogP contribution < -0.4 is 9.46 Å². The molecule has 10 heteroatoms. The summed E-state index contributed by atoms with van der Waals surface area (Å²) in [6.07, 6.45) is -3.82. The molecule has 138 valence electrons. The molecule has 1 aromatic rings. The third-order valence-electron chi connectivity index (χ3n) is 2.96. The van der Waals surface area contributed by atoms with Gasteiger partial charge in [0.15, 0.2) is 6.61 Å². The number of hydrogen-bond acceptors (Lipinski definition) is 4. The highest BCUT2D eigenvalue weighted by atomic mass is 32.2. The van der Waals surface area contributed by atoms with Gasteiger partial charge in [0.25, 0.3) is 0 Å². The highest BCUT2D eigenvalue weighted by Crippen LogP contribution is 2.25. The van der Waals surface area contributed by atoms with Crippen LogP contribution in [0, 0.1) is 6.92 Å². The van der Waals surface area contributed by atoms with E-state index in [2.05, 4.69) is 19.7 Å². The number of nitrogens with zero attached hydrogens (tertiary/aromatic N) is 2. The number of hydrogen-bond donors (Lipinski definition) is 1. The summed E-state index contributed by atoms with van der Waals surface area (Å²) in [6, 6.07) is 1.10. The summed E-state index contributed by atoms with van der Waals surface area (Å²) in [5.41, 5.74) is 0.790. The van der Waals surface area contributed by atoms with E-state index in [1.165, 1.54) is 13.0 Å². The maximum Gasteiger partial charge on any atom is 0.340 e. The lowest BCUT2D eigenvalue weighted by Crippen LogP contribution is -2.35. The largest absolute Gasteiger partial charge is 0.470 e. The molecule has 24 heavy (non-hydrogen) atoms. The Hall–Kier alpha value is -1.29. The molecule has 5 nitrogen and oxygen atoms in total. The van der Waals surface area contributed by atoms with Crippen LogP contribution in [0.25, 0.3) is 0 Å². The van der Waals surface area contributed by atoms with E-state index in [1.54, 1.807) is 27.7 Å². The predicted octanol–water partition coefficient (Wildman–Crippen LogP) is 3.18. The van der Waals surface area contributed by atoms with E-state index in [-0.39, 0.29) is 5.88 Å². The van der Waals surface area contributed by atoms with Gasteiger partial charge in [-0.1, -0.05) is 0 Å². The third kappa shape index (κ3) is 5.66. The van der Waals surface area contributed by atoms with Gasteiger partial charge in [-0.2, -0.15) is 13.9 Å². The number of ether oxygens (including phenoxy) is 1. The van der Waals surface area contributed by atoms with Crippen molar-refractivity contribution >= 4 is 11.0 Å². The second-order valence-electron chi connectivity index (χ2n) is 6.33. The summed E-state index contributed by atoms with van der Waals surface area (Å²) in [4.78, 5) is 0. The van der Waals surface area contributed by atoms with Crippen molar-refractivity contribution in [2.24, 2.45) is 0 Å². The van der Waals surface area contributed by atoms with E-state index in [4.69, 9.17) is 0 Å². The molecule has 0 bridgehead atoms. The zero-order valence-electron chi connectivity index (χ0n) is 14.1. The molecular formula is C14H21F4N3O2S. The highest BCUT2D eigenvalue weighted by molar-refractivity contribution is 7.84. The van der Waals surface area contributed by atoms with Crippen LogP contribution in [0.15, 0.2) is 6.07 Å². The lowest BCUT2D eigenvalue weighted by atomic mass is 10.2. The normalized spacial score (nSPS) is 15.4. The summed E-state index contributed by atoms with van der Waals surface area (Å²) >= 11 is 0. The number of alkyl halides is 4. The Morgan fingerprint density at radius 2 is 1.88 bits per heavy atom. The Bertz CT molecular complexity index is 594. The lowest BCUT2D eigenvalue weighted by molar-refractivity contribution is -0.148. The molecule has 0 aliphatic carbocycles. The molecule has 2 atom stereocenters. The summed E-state index contributed by atoms with van der Waals surface area (Å²) in [5.74, 6) is -4.51. The van der Waals surface area contributed by atoms with Crippen molar-refractivity contribution in [2.45, 2.75) is 57.8 Å². The van der Waals surface area contributed by atoms with E-state index in [0.29, 0.717) is 11.3 Å². The summed E-state index contributed by atoms with van der Waals surface area (Å²) in [6.45, 7) is 7.18. The standard InChI is InChI=1S/C14H21F4N3O2S/c1-8-6-10(9(2)21-24(22)13(3,4)5)19-20-11(8)23-7-14(17,18)12(15)16/h6,9,12,21H,7H2,1-5H3/t9-,24?/m1/s1. The van der Waals surface area contributed by atoms with Crippen LogP contribution >= 0.6 is 0 Å². The van der Waals surface area contributed by atoms with Crippen LogP contribution in [0.1, 0.15) is 45.0 Å². The van der Waals surface area contributed by atoms with Gasteiger partial charge in [-0.3, -0.25) is 0 Å². The zero-order chi connectivity index (χ0) is 18.7. The van der Waals surface area contributed by atoms with Gasteiger partial charge in [0, 0.05) is 5.56 Å². The van der Waals surface area contributed by atoms with Crippen LogP contribution in [0.3, 0.4) is 0 Å². The number of aryl methyl sites for hydroxylation is 1. The Labute approximate surface area is 140 Å². The van der Waals surface area contributed by atoms with Gasteiger partial charge in [0.05, 0.1) is 27.5 Å². The van der Waals surface area contributed by atoms with Crippen LogP contribution in [0.2, 0.25) is 0 Å². The Morgan fingerprint density at radius 3 is 2.33 bits per heavy atom. The van der Waals surface area contributed by atoms with Gasteiger partial charge < -0.3 is 4.74 Å². The molecule has 1 N–H and O–H groups in total. The quantitative estimate of drug-likeness (QED) is 0.748. The van der Waals surface area contributed by atoms with E-state index >= 15 is 0 Å². The first-order valence-electron chi connectivity index (χ1n) is 7.15. The molecule has 1 aromatic heterocycles.